The smallest absolute Gasteiger partial charge is 0.250 e. The molecule has 39 heavy (non-hydrogen) atoms. The summed E-state index contributed by atoms with van der Waals surface area (Å²) < 4.78 is 54.9. The number of primary amides is 1. The van der Waals surface area contributed by atoms with E-state index in [0.29, 0.717) is 46.5 Å². The van der Waals surface area contributed by atoms with Crippen LogP contribution in [0.5, 0.6) is 0 Å². The quantitative estimate of drug-likeness (QED) is 0.322. The Labute approximate surface area is 224 Å². The third kappa shape index (κ3) is 5.71. The molecule has 204 valence electrons. The summed E-state index contributed by atoms with van der Waals surface area (Å²) in [6.45, 7) is 2.94. The van der Waals surface area contributed by atoms with E-state index in [0.717, 1.165) is 31.0 Å². The summed E-state index contributed by atoms with van der Waals surface area (Å²) in [5.41, 5.74) is 9.15. The first kappa shape index (κ1) is 26.6. The van der Waals surface area contributed by atoms with E-state index < -0.39 is 27.6 Å². The average Bonchev–Trinajstić information content (AvgIpc) is 3.25. The number of nitrogens with two attached hydrogens (primary N) is 1. The van der Waals surface area contributed by atoms with Crippen LogP contribution in [0, 0.1) is 11.6 Å². The second kappa shape index (κ2) is 10.3. The number of rotatable bonds is 7. The van der Waals surface area contributed by atoms with Crippen LogP contribution in [0.3, 0.4) is 0 Å². The standard InChI is InChI=1S/C27H28F2N6O3S/c1-34-7-9-35(10-8-34)23-6-4-20(27(30)36)26(33-39(2,37)38)24(23)25-21-14-16(3-5-22(21)31-32-25)11-17-12-18(28)15-19(29)13-17/h3-6,12-15,33H,7-11H2,1-2H3,(H2,30,36)(H,31,32). The second-order valence-corrected chi connectivity index (χ2v) is 11.6. The zero-order valence-corrected chi connectivity index (χ0v) is 22.3. The third-order valence-corrected chi connectivity index (χ3v) is 7.35. The fraction of sp³-hybridized carbons (Fsp3) is 0.259. The van der Waals surface area contributed by atoms with Gasteiger partial charge in [-0.05, 0) is 61.0 Å². The number of carbonyl (C=O) groups excluding carboxylic acids is 1. The van der Waals surface area contributed by atoms with Crippen LogP contribution in [0.15, 0.2) is 48.5 Å². The molecule has 9 nitrogen and oxygen atoms in total. The predicted molar refractivity (Wildman–Crippen MR) is 147 cm³/mol. The Balaban J connectivity index is 1.71. The number of hydrogen-bond acceptors (Lipinski definition) is 6. The minimum atomic E-state index is -3.81. The van der Waals surface area contributed by atoms with Crippen molar-refractivity contribution >= 4 is 38.2 Å². The summed E-state index contributed by atoms with van der Waals surface area (Å²) >= 11 is 0. The lowest BCUT2D eigenvalue weighted by Crippen LogP contribution is -2.44. The number of amides is 1. The van der Waals surface area contributed by atoms with E-state index in [1.165, 1.54) is 18.2 Å². The molecule has 0 spiro atoms. The topological polar surface area (TPSA) is 124 Å². The molecule has 0 atom stereocenters. The van der Waals surface area contributed by atoms with Gasteiger partial charge in [-0.3, -0.25) is 14.6 Å². The van der Waals surface area contributed by atoms with Crippen molar-refractivity contribution in [3.8, 4) is 11.3 Å². The number of anilines is 2. The highest BCUT2D eigenvalue weighted by Crippen LogP contribution is 2.42. The number of aromatic nitrogens is 2. The average molecular weight is 555 g/mol. The first-order valence-electron chi connectivity index (χ1n) is 12.3. The number of hydrogen-bond donors (Lipinski definition) is 3. The maximum atomic E-state index is 13.8. The first-order valence-corrected chi connectivity index (χ1v) is 14.2. The molecule has 2 heterocycles. The molecular weight excluding hydrogens is 526 g/mol. The predicted octanol–water partition coefficient (Wildman–Crippen LogP) is 3.32. The highest BCUT2D eigenvalue weighted by molar-refractivity contribution is 7.92. The molecule has 1 fully saturated rings. The molecule has 12 heteroatoms. The van der Waals surface area contributed by atoms with Crippen molar-refractivity contribution < 1.29 is 22.0 Å². The van der Waals surface area contributed by atoms with Crippen LogP contribution in [0.4, 0.5) is 20.2 Å². The van der Waals surface area contributed by atoms with Gasteiger partial charge in [0, 0.05) is 43.3 Å². The van der Waals surface area contributed by atoms with Crippen molar-refractivity contribution in [3.05, 3.63) is 76.9 Å². The van der Waals surface area contributed by atoms with Gasteiger partial charge in [0.25, 0.3) is 5.91 Å². The van der Waals surface area contributed by atoms with Gasteiger partial charge in [-0.25, -0.2) is 17.2 Å². The maximum Gasteiger partial charge on any atom is 0.250 e. The van der Waals surface area contributed by atoms with Crippen LogP contribution in [-0.2, 0) is 16.4 Å². The van der Waals surface area contributed by atoms with Gasteiger partial charge in [0.05, 0.1) is 28.6 Å². The van der Waals surface area contributed by atoms with E-state index in [9.17, 15) is 22.0 Å². The Hall–Kier alpha value is -4.03. The van der Waals surface area contributed by atoms with E-state index in [1.54, 1.807) is 12.1 Å². The van der Waals surface area contributed by atoms with E-state index in [1.807, 2.05) is 19.2 Å². The van der Waals surface area contributed by atoms with Crippen molar-refractivity contribution in [2.75, 3.05) is 49.1 Å². The van der Waals surface area contributed by atoms with Gasteiger partial charge in [0.1, 0.15) is 17.3 Å². The Morgan fingerprint density at radius 2 is 1.72 bits per heavy atom. The molecule has 0 saturated carbocycles. The van der Waals surface area contributed by atoms with E-state index in [2.05, 4.69) is 24.7 Å². The molecule has 5 rings (SSSR count). The van der Waals surface area contributed by atoms with Gasteiger partial charge in [-0.2, -0.15) is 5.10 Å². The highest BCUT2D eigenvalue weighted by Gasteiger charge is 2.27. The minimum absolute atomic E-state index is 0.0100. The lowest BCUT2D eigenvalue weighted by molar-refractivity contribution is 0.100. The Morgan fingerprint density at radius 3 is 2.36 bits per heavy atom. The van der Waals surface area contributed by atoms with Gasteiger partial charge < -0.3 is 15.5 Å². The van der Waals surface area contributed by atoms with Crippen LogP contribution in [0.1, 0.15) is 21.5 Å². The number of piperazine rings is 1. The molecule has 1 aliphatic heterocycles. The number of likely N-dealkylation sites (N-methyl/N-ethyl adjacent to an activating group) is 1. The molecule has 1 aliphatic rings. The summed E-state index contributed by atoms with van der Waals surface area (Å²) in [4.78, 5) is 16.7. The van der Waals surface area contributed by atoms with Crippen molar-refractivity contribution in [1.29, 1.82) is 0 Å². The number of carbonyl (C=O) groups is 1. The van der Waals surface area contributed by atoms with Crippen LogP contribution in [-0.4, -0.2) is 68.9 Å². The van der Waals surface area contributed by atoms with Crippen molar-refractivity contribution in [2.45, 2.75) is 6.42 Å². The molecular formula is C27H28F2N6O3S. The summed E-state index contributed by atoms with van der Waals surface area (Å²) in [5, 5.41) is 8.17. The number of fused-ring (bicyclic) bond motifs is 1. The van der Waals surface area contributed by atoms with Crippen molar-refractivity contribution in [1.82, 2.24) is 15.1 Å². The molecule has 4 N–H and O–H groups in total. The summed E-state index contributed by atoms with van der Waals surface area (Å²) in [6, 6.07) is 12.1. The third-order valence-electron chi connectivity index (χ3n) is 6.77. The summed E-state index contributed by atoms with van der Waals surface area (Å²) in [7, 11) is -1.78. The highest BCUT2D eigenvalue weighted by atomic mass is 32.2. The zero-order chi connectivity index (χ0) is 27.9. The monoisotopic (exact) mass is 554 g/mol. The zero-order valence-electron chi connectivity index (χ0n) is 21.5. The lowest BCUT2D eigenvalue weighted by atomic mass is 9.96. The number of halogens is 2. The molecule has 0 bridgehead atoms. The van der Waals surface area contributed by atoms with Gasteiger partial charge in [0.15, 0.2) is 0 Å². The molecule has 0 radical (unpaired) electrons. The largest absolute Gasteiger partial charge is 0.368 e. The van der Waals surface area contributed by atoms with E-state index >= 15 is 0 Å². The Kier molecular flexibility index (Phi) is 7.00. The van der Waals surface area contributed by atoms with E-state index in [-0.39, 0.29) is 17.7 Å². The Morgan fingerprint density at radius 1 is 1.03 bits per heavy atom. The Bertz CT molecular complexity index is 1660. The molecule has 1 saturated heterocycles. The SMILES string of the molecule is CN1CCN(c2ccc(C(N)=O)c(NS(C)(=O)=O)c2-c2n[nH]c3ccc(Cc4cc(F)cc(F)c4)cc23)CC1. The molecule has 1 amide bonds. The second-order valence-electron chi connectivity index (χ2n) is 9.82. The number of H-pyrrole nitrogens is 1. The van der Waals surface area contributed by atoms with Crippen molar-refractivity contribution in [3.63, 3.8) is 0 Å². The van der Waals surface area contributed by atoms with Crippen LogP contribution in [0.25, 0.3) is 22.2 Å². The minimum Gasteiger partial charge on any atom is -0.368 e. The fourth-order valence-corrected chi connectivity index (χ4v) is 5.53. The van der Waals surface area contributed by atoms with Gasteiger partial charge in [-0.15, -0.1) is 0 Å². The summed E-state index contributed by atoms with van der Waals surface area (Å²) in [6.07, 6.45) is 1.26. The number of aromatic amines is 1. The van der Waals surface area contributed by atoms with Gasteiger partial charge >= 0.3 is 0 Å². The molecule has 3 aromatic carbocycles. The van der Waals surface area contributed by atoms with Crippen molar-refractivity contribution in [2.24, 2.45) is 5.73 Å². The summed E-state index contributed by atoms with van der Waals surface area (Å²) in [5.74, 6) is -2.11. The number of nitrogens with one attached hydrogen (secondary N) is 2. The molecule has 4 aromatic rings. The fourth-order valence-electron chi connectivity index (χ4n) is 4.95. The maximum absolute atomic E-state index is 13.8. The van der Waals surface area contributed by atoms with E-state index in [4.69, 9.17) is 5.73 Å². The first-order chi connectivity index (χ1) is 18.5. The molecule has 0 unspecified atom stereocenters. The number of nitrogens with zero attached hydrogens (tertiary/aromatic N) is 3. The van der Waals surface area contributed by atoms with Gasteiger partial charge in [-0.1, -0.05) is 6.07 Å². The van der Waals surface area contributed by atoms with Gasteiger partial charge in [0.2, 0.25) is 10.0 Å². The van der Waals surface area contributed by atoms with Crippen LogP contribution >= 0.6 is 0 Å². The number of sulfonamides is 1. The lowest BCUT2D eigenvalue weighted by Gasteiger charge is -2.35. The number of benzene rings is 3. The molecule has 1 aromatic heterocycles. The normalized spacial score (nSPS) is 14.6. The molecule has 0 aliphatic carbocycles. The van der Waals surface area contributed by atoms with Crippen LogP contribution < -0.4 is 15.4 Å². The van der Waals surface area contributed by atoms with Crippen LogP contribution in [0.2, 0.25) is 0 Å².